The van der Waals surface area contributed by atoms with E-state index in [9.17, 15) is 18.0 Å². The molecular weight excluding hydrogens is 408 g/mol. The molecule has 3 rings (SSSR count). The molecule has 3 nitrogen and oxygen atoms in total. The number of amides is 1. The zero-order valence-corrected chi connectivity index (χ0v) is 15.1. The fraction of sp³-hybridized carbons (Fsp3) is 0.0588. The average molecular weight is 417 g/mol. The SMILES string of the molecule is O=C1NC(=Nc2ccccc2C(F)(F)F)SC1=Cc1ccc(Cl)cc1Cl. The maximum absolute atomic E-state index is 13.0. The summed E-state index contributed by atoms with van der Waals surface area (Å²) >= 11 is 12.8. The van der Waals surface area contributed by atoms with Crippen molar-refractivity contribution < 1.29 is 18.0 Å². The first-order chi connectivity index (χ1) is 12.2. The van der Waals surface area contributed by atoms with Gasteiger partial charge < -0.3 is 5.32 Å². The molecule has 1 N–H and O–H groups in total. The Hall–Kier alpha value is -1.96. The molecule has 0 bridgehead atoms. The lowest BCUT2D eigenvalue weighted by atomic mass is 10.2. The van der Waals surface area contributed by atoms with Crippen molar-refractivity contribution in [3.8, 4) is 0 Å². The van der Waals surface area contributed by atoms with Crippen LogP contribution in [0.5, 0.6) is 0 Å². The molecule has 134 valence electrons. The van der Waals surface area contributed by atoms with Gasteiger partial charge in [-0.25, -0.2) is 4.99 Å². The third-order valence-corrected chi connectivity index (χ3v) is 4.80. The minimum Gasteiger partial charge on any atom is -0.300 e. The predicted octanol–water partition coefficient (Wildman–Crippen LogP) is 5.90. The topological polar surface area (TPSA) is 41.5 Å². The number of benzene rings is 2. The molecule has 9 heteroatoms. The highest BCUT2D eigenvalue weighted by Crippen LogP contribution is 2.37. The lowest BCUT2D eigenvalue weighted by Gasteiger charge is -2.09. The van der Waals surface area contributed by atoms with E-state index in [-0.39, 0.29) is 15.8 Å². The molecule has 0 unspecified atom stereocenters. The number of amidine groups is 1. The van der Waals surface area contributed by atoms with E-state index in [1.807, 2.05) is 0 Å². The summed E-state index contributed by atoms with van der Waals surface area (Å²) in [7, 11) is 0. The zero-order chi connectivity index (χ0) is 18.9. The first kappa shape index (κ1) is 18.8. The molecule has 1 saturated heterocycles. The monoisotopic (exact) mass is 416 g/mol. The van der Waals surface area contributed by atoms with Crippen LogP contribution in [0.2, 0.25) is 10.0 Å². The molecule has 1 heterocycles. The van der Waals surface area contributed by atoms with Gasteiger partial charge in [-0.1, -0.05) is 41.4 Å². The third-order valence-electron chi connectivity index (χ3n) is 3.33. The Labute approximate surface area is 160 Å². The van der Waals surface area contributed by atoms with E-state index in [1.54, 1.807) is 12.1 Å². The van der Waals surface area contributed by atoms with Crippen molar-refractivity contribution in [3.05, 3.63) is 68.5 Å². The van der Waals surface area contributed by atoms with Crippen LogP contribution in [-0.2, 0) is 11.0 Å². The van der Waals surface area contributed by atoms with E-state index in [1.165, 1.54) is 30.3 Å². The Morgan fingerprint density at radius 1 is 1.12 bits per heavy atom. The Balaban J connectivity index is 1.91. The van der Waals surface area contributed by atoms with E-state index >= 15 is 0 Å². The molecule has 1 fully saturated rings. The number of nitrogens with zero attached hydrogens (tertiary/aromatic N) is 1. The molecule has 2 aromatic rings. The fourth-order valence-corrected chi connectivity index (χ4v) is 3.45. The molecule has 1 aliphatic rings. The van der Waals surface area contributed by atoms with Gasteiger partial charge >= 0.3 is 6.18 Å². The largest absolute Gasteiger partial charge is 0.418 e. The Bertz CT molecular complexity index is 942. The van der Waals surface area contributed by atoms with Gasteiger partial charge in [0, 0.05) is 10.0 Å². The van der Waals surface area contributed by atoms with Gasteiger partial charge in [0.15, 0.2) is 5.17 Å². The van der Waals surface area contributed by atoms with E-state index in [0.717, 1.165) is 17.8 Å². The maximum atomic E-state index is 13.0. The molecule has 0 aliphatic carbocycles. The van der Waals surface area contributed by atoms with Crippen LogP contribution in [0.3, 0.4) is 0 Å². The van der Waals surface area contributed by atoms with Crippen LogP contribution >= 0.6 is 35.0 Å². The summed E-state index contributed by atoms with van der Waals surface area (Å²) in [5.74, 6) is -0.468. The molecule has 0 spiro atoms. The van der Waals surface area contributed by atoms with Gasteiger partial charge in [-0.2, -0.15) is 13.2 Å². The lowest BCUT2D eigenvalue weighted by Crippen LogP contribution is -2.19. The standard InChI is InChI=1S/C17H9Cl2F3N2OS/c18-10-6-5-9(12(19)8-10)7-14-15(25)24-16(26-14)23-13-4-2-1-3-11(13)17(20,21)22/h1-8H,(H,23,24,25). The highest BCUT2D eigenvalue weighted by atomic mass is 35.5. The lowest BCUT2D eigenvalue weighted by molar-refractivity contribution is -0.137. The third kappa shape index (κ3) is 4.23. The molecule has 2 aromatic carbocycles. The van der Waals surface area contributed by atoms with Crippen molar-refractivity contribution >= 4 is 57.8 Å². The van der Waals surface area contributed by atoms with E-state index < -0.39 is 17.6 Å². The smallest absolute Gasteiger partial charge is 0.300 e. The van der Waals surface area contributed by atoms with Crippen molar-refractivity contribution in [2.75, 3.05) is 0 Å². The van der Waals surface area contributed by atoms with Crippen LogP contribution in [-0.4, -0.2) is 11.1 Å². The number of carbonyl (C=O) groups is 1. The van der Waals surface area contributed by atoms with Crippen LogP contribution in [0.25, 0.3) is 6.08 Å². The van der Waals surface area contributed by atoms with E-state index in [2.05, 4.69) is 10.3 Å². The van der Waals surface area contributed by atoms with E-state index in [4.69, 9.17) is 23.2 Å². The van der Waals surface area contributed by atoms with Crippen LogP contribution in [0.1, 0.15) is 11.1 Å². The molecule has 0 radical (unpaired) electrons. The summed E-state index contributed by atoms with van der Waals surface area (Å²) in [6.07, 6.45) is -3.01. The van der Waals surface area contributed by atoms with Gasteiger partial charge in [-0.15, -0.1) is 0 Å². The first-order valence-electron chi connectivity index (χ1n) is 7.15. The van der Waals surface area contributed by atoms with Gasteiger partial charge in [0.1, 0.15) is 0 Å². The fourth-order valence-electron chi connectivity index (χ4n) is 2.16. The number of alkyl halides is 3. The molecule has 26 heavy (non-hydrogen) atoms. The van der Waals surface area contributed by atoms with Crippen molar-refractivity contribution in [1.29, 1.82) is 0 Å². The van der Waals surface area contributed by atoms with Crippen LogP contribution in [0, 0.1) is 0 Å². The molecular formula is C17H9Cl2F3N2OS. The average Bonchev–Trinajstić information content (AvgIpc) is 2.89. The number of hydrogen-bond acceptors (Lipinski definition) is 3. The summed E-state index contributed by atoms with van der Waals surface area (Å²) in [4.78, 5) is 16.3. The number of para-hydroxylation sites is 1. The minimum atomic E-state index is -4.54. The Morgan fingerprint density at radius 3 is 2.54 bits per heavy atom. The van der Waals surface area contributed by atoms with Crippen LogP contribution in [0.4, 0.5) is 18.9 Å². The minimum absolute atomic E-state index is 0.0584. The summed E-state index contributed by atoms with van der Waals surface area (Å²) in [6.45, 7) is 0. The molecule has 0 saturated carbocycles. The number of nitrogens with one attached hydrogen (secondary N) is 1. The van der Waals surface area contributed by atoms with Gasteiger partial charge in [0.05, 0.1) is 16.2 Å². The predicted molar refractivity (Wildman–Crippen MR) is 98.7 cm³/mol. The number of rotatable bonds is 2. The second kappa shape index (κ2) is 7.34. The van der Waals surface area contributed by atoms with Crippen LogP contribution < -0.4 is 5.32 Å². The van der Waals surface area contributed by atoms with Crippen LogP contribution in [0.15, 0.2) is 52.4 Å². The Kier molecular flexibility index (Phi) is 5.32. The normalized spacial score (nSPS) is 17.8. The molecule has 1 amide bonds. The second-order valence-electron chi connectivity index (χ2n) is 5.16. The molecule has 1 aliphatic heterocycles. The number of carbonyl (C=O) groups excluding carboxylic acids is 1. The highest BCUT2D eigenvalue weighted by Gasteiger charge is 2.34. The number of halogens is 5. The van der Waals surface area contributed by atoms with Crippen molar-refractivity contribution in [3.63, 3.8) is 0 Å². The number of aliphatic imine (C=N–C) groups is 1. The van der Waals surface area contributed by atoms with Gasteiger partial charge in [-0.3, -0.25) is 4.79 Å². The number of thioether (sulfide) groups is 1. The summed E-state index contributed by atoms with van der Waals surface area (Å²) < 4.78 is 39.1. The number of hydrogen-bond donors (Lipinski definition) is 1. The summed E-state index contributed by atoms with van der Waals surface area (Å²) in [6, 6.07) is 9.68. The second-order valence-corrected chi connectivity index (χ2v) is 7.04. The van der Waals surface area contributed by atoms with Gasteiger partial charge in [0.25, 0.3) is 5.91 Å². The molecule has 0 atom stereocenters. The van der Waals surface area contributed by atoms with Crippen molar-refractivity contribution in [2.45, 2.75) is 6.18 Å². The maximum Gasteiger partial charge on any atom is 0.418 e. The zero-order valence-electron chi connectivity index (χ0n) is 12.8. The van der Waals surface area contributed by atoms with Gasteiger partial charge in [-0.05, 0) is 47.7 Å². The molecule has 0 aromatic heterocycles. The quantitative estimate of drug-likeness (QED) is 0.618. The summed E-state index contributed by atoms with van der Waals surface area (Å²) in [5.41, 5.74) is -0.584. The first-order valence-corrected chi connectivity index (χ1v) is 8.72. The van der Waals surface area contributed by atoms with Crippen molar-refractivity contribution in [1.82, 2.24) is 5.32 Å². The highest BCUT2D eigenvalue weighted by molar-refractivity contribution is 8.18. The summed E-state index contributed by atoms with van der Waals surface area (Å²) in [5, 5.41) is 3.31. The van der Waals surface area contributed by atoms with Crippen molar-refractivity contribution in [2.24, 2.45) is 4.99 Å². The Morgan fingerprint density at radius 2 is 1.85 bits per heavy atom. The van der Waals surface area contributed by atoms with E-state index in [0.29, 0.717) is 15.6 Å². The van der Waals surface area contributed by atoms with Gasteiger partial charge in [0.2, 0.25) is 0 Å².